The standard InChI is InChI=1S/C11H15N5O3S/c1-7-6-16(3-4-19-7)10-8-5-12-11(20(2,17)18)13-9(8)14-15-10/h5,7H,3-4,6H2,1-2H3,(H,12,13,14,15). The van der Waals surface area contributed by atoms with Crippen LogP contribution in [0.4, 0.5) is 5.82 Å². The number of H-pyrrole nitrogens is 1. The molecule has 0 amide bonds. The molecule has 0 aromatic carbocycles. The van der Waals surface area contributed by atoms with Gasteiger partial charge in [-0.15, -0.1) is 0 Å². The molecule has 1 unspecified atom stereocenters. The van der Waals surface area contributed by atoms with Crippen LogP contribution in [0.15, 0.2) is 11.4 Å². The van der Waals surface area contributed by atoms with Gasteiger partial charge in [0.1, 0.15) is 0 Å². The number of rotatable bonds is 2. The van der Waals surface area contributed by atoms with Gasteiger partial charge < -0.3 is 9.64 Å². The Morgan fingerprint density at radius 3 is 3.00 bits per heavy atom. The van der Waals surface area contributed by atoms with Crippen LogP contribution in [0.1, 0.15) is 6.92 Å². The zero-order chi connectivity index (χ0) is 14.3. The molecule has 1 atom stereocenters. The van der Waals surface area contributed by atoms with Crippen LogP contribution >= 0.6 is 0 Å². The molecule has 0 saturated carbocycles. The summed E-state index contributed by atoms with van der Waals surface area (Å²) in [4.78, 5) is 9.99. The lowest BCUT2D eigenvalue weighted by molar-refractivity contribution is 0.0530. The van der Waals surface area contributed by atoms with E-state index in [1.54, 1.807) is 0 Å². The smallest absolute Gasteiger partial charge is 0.248 e. The largest absolute Gasteiger partial charge is 0.375 e. The molecule has 2 aromatic rings. The lowest BCUT2D eigenvalue weighted by Gasteiger charge is -2.31. The van der Waals surface area contributed by atoms with Crippen molar-refractivity contribution in [3.63, 3.8) is 0 Å². The molecule has 1 aliphatic heterocycles. The molecule has 3 heterocycles. The number of hydrogen-bond acceptors (Lipinski definition) is 7. The number of nitrogens with one attached hydrogen (secondary N) is 1. The van der Waals surface area contributed by atoms with Crippen molar-refractivity contribution in [2.75, 3.05) is 30.9 Å². The zero-order valence-corrected chi connectivity index (χ0v) is 12.0. The van der Waals surface area contributed by atoms with Gasteiger partial charge >= 0.3 is 0 Å². The summed E-state index contributed by atoms with van der Waals surface area (Å²) in [5.41, 5.74) is 0.426. The fourth-order valence-corrected chi connectivity index (χ4v) is 2.71. The van der Waals surface area contributed by atoms with Gasteiger partial charge in [0.05, 0.1) is 18.1 Å². The van der Waals surface area contributed by atoms with Crippen LogP contribution in [0, 0.1) is 0 Å². The van der Waals surface area contributed by atoms with E-state index < -0.39 is 9.84 Å². The number of aromatic nitrogens is 4. The van der Waals surface area contributed by atoms with E-state index in [0.717, 1.165) is 25.2 Å². The van der Waals surface area contributed by atoms with Gasteiger partial charge in [-0.1, -0.05) is 0 Å². The summed E-state index contributed by atoms with van der Waals surface area (Å²) >= 11 is 0. The number of nitrogens with zero attached hydrogens (tertiary/aromatic N) is 4. The monoisotopic (exact) mass is 297 g/mol. The quantitative estimate of drug-likeness (QED) is 0.777. The summed E-state index contributed by atoms with van der Waals surface area (Å²) in [7, 11) is -3.42. The van der Waals surface area contributed by atoms with Gasteiger partial charge in [0.2, 0.25) is 15.0 Å². The van der Waals surface area contributed by atoms with Crippen molar-refractivity contribution in [3.05, 3.63) is 6.20 Å². The van der Waals surface area contributed by atoms with Gasteiger partial charge in [0.25, 0.3) is 0 Å². The van der Waals surface area contributed by atoms with Gasteiger partial charge in [-0.25, -0.2) is 13.4 Å². The van der Waals surface area contributed by atoms with Gasteiger partial charge in [0, 0.05) is 25.5 Å². The fraction of sp³-hybridized carbons (Fsp3) is 0.545. The summed E-state index contributed by atoms with van der Waals surface area (Å²) in [6, 6.07) is 0. The second-order valence-corrected chi connectivity index (χ2v) is 6.77. The number of hydrogen-bond donors (Lipinski definition) is 1. The summed E-state index contributed by atoms with van der Waals surface area (Å²) in [6.45, 7) is 4.10. The lowest BCUT2D eigenvalue weighted by Crippen LogP contribution is -2.41. The molecule has 0 aliphatic carbocycles. The summed E-state index contributed by atoms with van der Waals surface area (Å²) in [5, 5.41) is 7.51. The summed E-state index contributed by atoms with van der Waals surface area (Å²) < 4.78 is 28.4. The number of fused-ring (bicyclic) bond motifs is 1. The summed E-state index contributed by atoms with van der Waals surface area (Å²) in [6.07, 6.45) is 2.71. The van der Waals surface area contributed by atoms with Crippen molar-refractivity contribution in [1.82, 2.24) is 20.2 Å². The Kier molecular flexibility index (Phi) is 3.09. The molecule has 108 valence electrons. The molecule has 2 aromatic heterocycles. The SMILES string of the molecule is CC1CN(c2n[nH]c3nc(S(C)(=O)=O)ncc23)CCO1. The van der Waals surface area contributed by atoms with Crippen molar-refractivity contribution >= 4 is 26.7 Å². The molecule has 1 fully saturated rings. The van der Waals surface area contributed by atoms with Crippen LogP contribution < -0.4 is 4.90 Å². The number of aromatic amines is 1. The highest BCUT2D eigenvalue weighted by Gasteiger charge is 2.22. The molecule has 3 rings (SSSR count). The normalized spacial score (nSPS) is 20.5. The molecule has 9 heteroatoms. The fourth-order valence-electron chi connectivity index (χ4n) is 2.21. The topological polar surface area (TPSA) is 101 Å². The van der Waals surface area contributed by atoms with Crippen LogP contribution in [0.25, 0.3) is 11.0 Å². The molecule has 8 nitrogen and oxygen atoms in total. The molecule has 1 aliphatic rings. The maximum absolute atomic E-state index is 11.4. The van der Waals surface area contributed by atoms with Gasteiger partial charge in [0.15, 0.2) is 11.5 Å². The molecule has 1 N–H and O–H groups in total. The van der Waals surface area contributed by atoms with E-state index >= 15 is 0 Å². The van der Waals surface area contributed by atoms with E-state index in [2.05, 4.69) is 25.1 Å². The van der Waals surface area contributed by atoms with Crippen LogP contribution in [0.5, 0.6) is 0 Å². The zero-order valence-electron chi connectivity index (χ0n) is 11.2. The van der Waals surface area contributed by atoms with Gasteiger partial charge in [-0.05, 0) is 6.92 Å². The highest BCUT2D eigenvalue weighted by Crippen LogP contribution is 2.24. The molecular formula is C11H15N5O3S. The minimum Gasteiger partial charge on any atom is -0.375 e. The van der Waals surface area contributed by atoms with Gasteiger partial charge in [-0.3, -0.25) is 5.10 Å². The number of sulfone groups is 1. The Hall–Kier alpha value is -1.74. The Morgan fingerprint density at radius 2 is 2.30 bits per heavy atom. The lowest BCUT2D eigenvalue weighted by atomic mass is 10.3. The maximum Gasteiger partial charge on any atom is 0.248 e. The van der Waals surface area contributed by atoms with Crippen molar-refractivity contribution in [3.8, 4) is 0 Å². The first-order chi connectivity index (χ1) is 9.45. The van der Waals surface area contributed by atoms with E-state index in [1.165, 1.54) is 6.20 Å². The van der Waals surface area contributed by atoms with Crippen molar-refractivity contribution in [2.24, 2.45) is 0 Å². The molecule has 0 spiro atoms. The third-order valence-electron chi connectivity index (χ3n) is 3.15. The minimum atomic E-state index is -3.42. The molecule has 1 saturated heterocycles. The predicted molar refractivity (Wildman–Crippen MR) is 72.4 cm³/mol. The van der Waals surface area contributed by atoms with Crippen molar-refractivity contribution in [2.45, 2.75) is 18.2 Å². The van der Waals surface area contributed by atoms with Crippen LogP contribution in [-0.4, -0.2) is 60.6 Å². The van der Waals surface area contributed by atoms with Crippen LogP contribution in [0.2, 0.25) is 0 Å². The molecule has 0 bridgehead atoms. The Bertz CT molecular complexity index is 742. The van der Waals surface area contributed by atoms with E-state index in [-0.39, 0.29) is 11.3 Å². The van der Waals surface area contributed by atoms with E-state index in [1.807, 2.05) is 6.92 Å². The third-order valence-corrected chi connectivity index (χ3v) is 4.01. The average Bonchev–Trinajstić information content (AvgIpc) is 2.80. The predicted octanol–water partition coefficient (Wildman–Crippen LogP) is -0.0185. The van der Waals surface area contributed by atoms with Crippen molar-refractivity contribution in [1.29, 1.82) is 0 Å². The van der Waals surface area contributed by atoms with Gasteiger partial charge in [-0.2, -0.15) is 10.1 Å². The number of ether oxygens (including phenoxy) is 1. The first-order valence-corrected chi connectivity index (χ1v) is 8.12. The van der Waals surface area contributed by atoms with E-state index in [9.17, 15) is 8.42 Å². The van der Waals surface area contributed by atoms with E-state index in [0.29, 0.717) is 17.6 Å². The maximum atomic E-state index is 11.4. The highest BCUT2D eigenvalue weighted by atomic mass is 32.2. The number of morpholine rings is 1. The Labute approximate surface area is 116 Å². The highest BCUT2D eigenvalue weighted by molar-refractivity contribution is 7.90. The first kappa shape index (κ1) is 13.3. The Balaban J connectivity index is 2.02. The summed E-state index contributed by atoms with van der Waals surface area (Å²) in [5.74, 6) is 0.732. The molecular weight excluding hydrogens is 282 g/mol. The van der Waals surface area contributed by atoms with Crippen LogP contribution in [0.3, 0.4) is 0 Å². The van der Waals surface area contributed by atoms with E-state index in [4.69, 9.17) is 4.74 Å². The molecule has 20 heavy (non-hydrogen) atoms. The van der Waals surface area contributed by atoms with Crippen LogP contribution in [-0.2, 0) is 14.6 Å². The van der Waals surface area contributed by atoms with Crippen molar-refractivity contribution < 1.29 is 13.2 Å². The molecule has 0 radical (unpaired) electrons. The second kappa shape index (κ2) is 4.67. The first-order valence-electron chi connectivity index (χ1n) is 6.23. The number of anilines is 1. The third kappa shape index (κ3) is 2.34. The average molecular weight is 297 g/mol. The Morgan fingerprint density at radius 1 is 1.50 bits per heavy atom. The second-order valence-electron chi connectivity index (χ2n) is 4.86. The minimum absolute atomic E-state index is 0.131.